The number of hydrogen-bond donors (Lipinski definition) is 3. The van der Waals surface area contributed by atoms with Gasteiger partial charge in [0.25, 0.3) is 0 Å². The minimum atomic E-state index is -0.607. The molecule has 3 N–H and O–H groups in total. The first-order valence-electron chi connectivity index (χ1n) is 9.71. The van der Waals surface area contributed by atoms with Gasteiger partial charge in [-0.1, -0.05) is 37.6 Å². The van der Waals surface area contributed by atoms with Crippen LogP contribution in [0.25, 0.3) is 0 Å². The number of rotatable bonds is 10. The van der Waals surface area contributed by atoms with Gasteiger partial charge in [0.15, 0.2) is 0 Å². The Balaban J connectivity index is 1.77. The zero-order valence-electron chi connectivity index (χ0n) is 16.8. The molecular weight excluding hydrogens is 373 g/mol. The van der Waals surface area contributed by atoms with Crippen molar-refractivity contribution in [1.29, 1.82) is 0 Å². The molecule has 0 aromatic heterocycles. The van der Waals surface area contributed by atoms with Gasteiger partial charge in [-0.05, 0) is 48.2 Å². The summed E-state index contributed by atoms with van der Waals surface area (Å²) in [5.74, 6) is 0.251. The Bertz CT molecular complexity index is 779. The van der Waals surface area contributed by atoms with Gasteiger partial charge in [-0.2, -0.15) is 0 Å². The van der Waals surface area contributed by atoms with Crippen molar-refractivity contribution < 1.29 is 18.7 Å². The molecule has 1 atom stereocenters. The lowest BCUT2D eigenvalue weighted by Gasteiger charge is -2.18. The van der Waals surface area contributed by atoms with Gasteiger partial charge >= 0.3 is 6.03 Å². The van der Waals surface area contributed by atoms with E-state index < -0.39 is 12.1 Å². The van der Waals surface area contributed by atoms with Crippen LogP contribution < -0.4 is 20.7 Å². The summed E-state index contributed by atoms with van der Waals surface area (Å²) in [5, 5.41) is 8.28. The van der Waals surface area contributed by atoms with Gasteiger partial charge in [0.05, 0.1) is 7.11 Å². The van der Waals surface area contributed by atoms with Crippen LogP contribution in [0.1, 0.15) is 30.9 Å². The van der Waals surface area contributed by atoms with Crippen molar-refractivity contribution in [3.63, 3.8) is 0 Å². The minimum absolute atomic E-state index is 0.211. The Hall–Kier alpha value is -3.09. The van der Waals surface area contributed by atoms with E-state index in [-0.39, 0.29) is 18.3 Å². The third-order valence-electron chi connectivity index (χ3n) is 4.44. The molecule has 0 aliphatic carbocycles. The lowest BCUT2D eigenvalue weighted by Crippen LogP contribution is -2.50. The molecule has 29 heavy (non-hydrogen) atoms. The summed E-state index contributed by atoms with van der Waals surface area (Å²) in [6, 6.07) is 12.5. The minimum Gasteiger partial charge on any atom is -0.497 e. The highest BCUT2D eigenvalue weighted by atomic mass is 19.1. The van der Waals surface area contributed by atoms with Crippen LogP contribution in [0.4, 0.5) is 9.18 Å². The average molecular weight is 401 g/mol. The number of carbonyl (C=O) groups is 2. The Kier molecular flexibility index (Phi) is 8.95. The van der Waals surface area contributed by atoms with Crippen LogP contribution in [-0.4, -0.2) is 31.6 Å². The molecule has 0 saturated heterocycles. The van der Waals surface area contributed by atoms with Crippen molar-refractivity contribution in [1.82, 2.24) is 16.0 Å². The van der Waals surface area contributed by atoms with Crippen LogP contribution >= 0.6 is 0 Å². The second-order valence-electron chi connectivity index (χ2n) is 6.68. The molecule has 2 aromatic carbocycles. The fraction of sp³-hybridized carbons (Fsp3) is 0.364. The van der Waals surface area contributed by atoms with E-state index in [2.05, 4.69) is 16.0 Å². The molecule has 2 aromatic rings. The Morgan fingerprint density at radius 1 is 1.00 bits per heavy atom. The predicted molar refractivity (Wildman–Crippen MR) is 110 cm³/mol. The lowest BCUT2D eigenvalue weighted by molar-refractivity contribution is -0.123. The molecule has 2 rings (SSSR count). The highest BCUT2D eigenvalue weighted by Gasteiger charge is 2.19. The van der Waals surface area contributed by atoms with Crippen molar-refractivity contribution in [2.75, 3.05) is 13.7 Å². The van der Waals surface area contributed by atoms with Crippen molar-refractivity contribution in [2.24, 2.45) is 0 Å². The summed E-state index contributed by atoms with van der Waals surface area (Å²) in [5.41, 5.74) is 1.86. The average Bonchev–Trinajstić information content (AvgIpc) is 2.73. The van der Waals surface area contributed by atoms with E-state index in [9.17, 15) is 14.0 Å². The van der Waals surface area contributed by atoms with Crippen LogP contribution in [0.5, 0.6) is 5.75 Å². The smallest absolute Gasteiger partial charge is 0.315 e. The molecule has 156 valence electrons. The maximum atomic E-state index is 12.9. The molecule has 0 bridgehead atoms. The highest BCUT2D eigenvalue weighted by molar-refractivity contribution is 5.86. The molecule has 0 fully saturated rings. The molecule has 0 aliphatic rings. The second-order valence-corrected chi connectivity index (χ2v) is 6.68. The Labute approximate surface area is 170 Å². The first-order valence-corrected chi connectivity index (χ1v) is 9.71. The van der Waals surface area contributed by atoms with E-state index in [1.807, 2.05) is 31.2 Å². The summed E-state index contributed by atoms with van der Waals surface area (Å²) >= 11 is 0. The number of hydrogen-bond acceptors (Lipinski definition) is 3. The number of methoxy groups -OCH3 is 1. The van der Waals surface area contributed by atoms with Crippen molar-refractivity contribution in [3.05, 3.63) is 65.5 Å². The summed E-state index contributed by atoms with van der Waals surface area (Å²) in [4.78, 5) is 24.6. The van der Waals surface area contributed by atoms with E-state index in [4.69, 9.17) is 4.74 Å². The Morgan fingerprint density at radius 3 is 2.28 bits per heavy atom. The summed E-state index contributed by atoms with van der Waals surface area (Å²) < 4.78 is 18.1. The number of ether oxygens (including phenoxy) is 1. The number of urea groups is 1. The van der Waals surface area contributed by atoms with Gasteiger partial charge in [-0.15, -0.1) is 0 Å². The largest absolute Gasteiger partial charge is 0.497 e. The van der Waals surface area contributed by atoms with Gasteiger partial charge in [0.2, 0.25) is 5.91 Å². The molecule has 0 saturated carbocycles. The molecular formula is C22H28FN3O3. The second kappa shape index (κ2) is 11.7. The van der Waals surface area contributed by atoms with Crippen LogP contribution in [0.2, 0.25) is 0 Å². The normalized spacial score (nSPS) is 11.4. The number of amides is 3. The van der Waals surface area contributed by atoms with E-state index in [1.165, 1.54) is 12.1 Å². The molecule has 0 unspecified atom stereocenters. The van der Waals surface area contributed by atoms with E-state index in [0.29, 0.717) is 19.4 Å². The summed E-state index contributed by atoms with van der Waals surface area (Å²) in [6.45, 7) is 2.68. The van der Waals surface area contributed by atoms with Crippen LogP contribution in [-0.2, 0) is 17.8 Å². The maximum absolute atomic E-state index is 12.9. The van der Waals surface area contributed by atoms with Gasteiger partial charge in [0, 0.05) is 13.1 Å². The SMILES string of the molecule is CCC[C@H](NC(=O)NCc1ccc(F)cc1)C(=O)NCCc1ccc(OC)cc1. The number of carbonyl (C=O) groups excluding carboxylic acids is 2. The fourth-order valence-corrected chi connectivity index (χ4v) is 2.80. The van der Waals surface area contributed by atoms with E-state index in [0.717, 1.165) is 23.3 Å². The molecule has 3 amide bonds. The van der Waals surface area contributed by atoms with Gasteiger partial charge in [0.1, 0.15) is 17.6 Å². The molecule has 6 nitrogen and oxygen atoms in total. The van der Waals surface area contributed by atoms with Gasteiger partial charge in [-0.25, -0.2) is 9.18 Å². The quantitative estimate of drug-likeness (QED) is 0.572. The van der Waals surface area contributed by atoms with Gasteiger partial charge < -0.3 is 20.7 Å². The van der Waals surface area contributed by atoms with Crippen LogP contribution in [0, 0.1) is 5.82 Å². The maximum Gasteiger partial charge on any atom is 0.315 e. The zero-order chi connectivity index (χ0) is 21.1. The van der Waals surface area contributed by atoms with Crippen LogP contribution in [0.3, 0.4) is 0 Å². The topological polar surface area (TPSA) is 79.5 Å². The monoisotopic (exact) mass is 401 g/mol. The lowest BCUT2D eigenvalue weighted by atomic mass is 10.1. The number of benzene rings is 2. The molecule has 0 radical (unpaired) electrons. The molecule has 0 aliphatic heterocycles. The first-order chi connectivity index (χ1) is 14.0. The van der Waals surface area contributed by atoms with E-state index >= 15 is 0 Å². The molecule has 0 heterocycles. The summed E-state index contributed by atoms with van der Waals surface area (Å²) in [7, 11) is 1.62. The van der Waals surface area contributed by atoms with Crippen LogP contribution in [0.15, 0.2) is 48.5 Å². The highest BCUT2D eigenvalue weighted by Crippen LogP contribution is 2.11. The van der Waals surface area contributed by atoms with Crippen molar-refractivity contribution in [2.45, 2.75) is 38.8 Å². The standard InChI is InChI=1S/C22H28FN3O3/c1-3-4-20(26-22(28)25-15-17-5-9-18(23)10-6-17)21(27)24-14-13-16-7-11-19(29-2)12-8-16/h5-12,20H,3-4,13-15H2,1-2H3,(H,24,27)(H2,25,26,28)/t20-/m0/s1. The van der Waals surface area contributed by atoms with Gasteiger partial charge in [-0.3, -0.25) is 4.79 Å². The third-order valence-corrected chi connectivity index (χ3v) is 4.44. The first kappa shape index (κ1) is 22.2. The molecule has 0 spiro atoms. The van der Waals surface area contributed by atoms with Crippen molar-refractivity contribution in [3.8, 4) is 5.75 Å². The predicted octanol–water partition coefficient (Wildman–Crippen LogP) is 3.16. The third kappa shape index (κ3) is 7.81. The number of nitrogens with one attached hydrogen (secondary N) is 3. The molecule has 7 heteroatoms. The number of halogens is 1. The van der Waals surface area contributed by atoms with E-state index in [1.54, 1.807) is 19.2 Å². The zero-order valence-corrected chi connectivity index (χ0v) is 16.8. The Morgan fingerprint density at radius 2 is 1.66 bits per heavy atom. The fourth-order valence-electron chi connectivity index (χ4n) is 2.80. The van der Waals surface area contributed by atoms with Crippen molar-refractivity contribution >= 4 is 11.9 Å². The summed E-state index contributed by atoms with van der Waals surface area (Å²) in [6.07, 6.45) is 1.98.